The van der Waals surface area contributed by atoms with E-state index in [0.717, 1.165) is 23.1 Å². The van der Waals surface area contributed by atoms with Gasteiger partial charge in [-0.15, -0.1) is 11.8 Å². The third-order valence-corrected chi connectivity index (χ3v) is 6.72. The van der Waals surface area contributed by atoms with Crippen LogP contribution in [0, 0.1) is 6.92 Å². The van der Waals surface area contributed by atoms with E-state index in [1.165, 1.54) is 11.8 Å². The Hall–Kier alpha value is -1.69. The molecule has 2 aromatic rings. The fourth-order valence-electron chi connectivity index (χ4n) is 3.25. The molecule has 0 bridgehead atoms. The quantitative estimate of drug-likeness (QED) is 0.437. The zero-order chi connectivity index (χ0) is 22.8. The van der Waals surface area contributed by atoms with Gasteiger partial charge in [0.2, 0.25) is 11.8 Å². The second kappa shape index (κ2) is 13.0. The van der Waals surface area contributed by atoms with E-state index in [2.05, 4.69) is 5.32 Å². The number of hydrogen-bond donors (Lipinski definition) is 1. The van der Waals surface area contributed by atoms with Crippen LogP contribution in [0.25, 0.3) is 0 Å². The lowest BCUT2D eigenvalue weighted by atomic mass is 10.1. The van der Waals surface area contributed by atoms with E-state index in [-0.39, 0.29) is 17.6 Å². The average Bonchev–Trinajstić information content (AvgIpc) is 2.75. The molecule has 0 aliphatic rings. The van der Waals surface area contributed by atoms with Crippen LogP contribution in [0.15, 0.2) is 42.5 Å². The lowest BCUT2D eigenvalue weighted by Gasteiger charge is -2.31. The summed E-state index contributed by atoms with van der Waals surface area (Å²) >= 11 is 13.9. The predicted octanol–water partition coefficient (Wildman–Crippen LogP) is 5.87. The maximum absolute atomic E-state index is 13.3. The van der Waals surface area contributed by atoms with Crippen LogP contribution >= 0.6 is 35.0 Å². The van der Waals surface area contributed by atoms with Crippen molar-refractivity contribution < 1.29 is 9.59 Å². The molecule has 2 aromatic carbocycles. The van der Waals surface area contributed by atoms with Crippen molar-refractivity contribution in [3.05, 3.63) is 69.2 Å². The van der Waals surface area contributed by atoms with Crippen LogP contribution in [0.1, 0.15) is 43.4 Å². The molecule has 1 atom stereocenters. The van der Waals surface area contributed by atoms with Gasteiger partial charge < -0.3 is 10.2 Å². The SMILES string of the molecule is CCCNC(=O)C(CC)N(Cc1ccccc1C)C(=O)CSCc1c(Cl)cccc1Cl. The molecular formula is C24H30Cl2N2O2S. The summed E-state index contributed by atoms with van der Waals surface area (Å²) in [4.78, 5) is 27.8. The fourth-order valence-corrected chi connectivity index (χ4v) is 4.90. The van der Waals surface area contributed by atoms with Crippen LogP contribution in [0.2, 0.25) is 10.0 Å². The molecule has 0 aromatic heterocycles. The summed E-state index contributed by atoms with van der Waals surface area (Å²) in [6.45, 7) is 6.96. The number of amides is 2. The minimum absolute atomic E-state index is 0.0741. The van der Waals surface area contributed by atoms with Gasteiger partial charge >= 0.3 is 0 Å². The molecule has 0 saturated carbocycles. The molecule has 0 fully saturated rings. The number of rotatable bonds is 11. The second-order valence-corrected chi connectivity index (χ2v) is 9.16. The number of nitrogens with one attached hydrogen (secondary N) is 1. The van der Waals surface area contributed by atoms with E-state index in [1.54, 1.807) is 23.1 Å². The summed E-state index contributed by atoms with van der Waals surface area (Å²) in [5.41, 5.74) is 2.96. The Labute approximate surface area is 199 Å². The summed E-state index contributed by atoms with van der Waals surface area (Å²) < 4.78 is 0. The average molecular weight is 481 g/mol. The summed E-state index contributed by atoms with van der Waals surface area (Å²) in [6.07, 6.45) is 1.40. The first-order chi connectivity index (χ1) is 14.9. The summed E-state index contributed by atoms with van der Waals surface area (Å²) in [7, 11) is 0. The van der Waals surface area contributed by atoms with Crippen LogP contribution in [0.3, 0.4) is 0 Å². The van der Waals surface area contributed by atoms with Crippen molar-refractivity contribution in [1.82, 2.24) is 10.2 Å². The lowest BCUT2D eigenvalue weighted by Crippen LogP contribution is -2.49. The first-order valence-electron chi connectivity index (χ1n) is 10.5. The monoisotopic (exact) mass is 480 g/mol. The minimum atomic E-state index is -0.511. The highest BCUT2D eigenvalue weighted by Crippen LogP contribution is 2.28. The first kappa shape index (κ1) is 25.6. The maximum Gasteiger partial charge on any atom is 0.242 e. The van der Waals surface area contributed by atoms with Crippen molar-refractivity contribution in [2.75, 3.05) is 12.3 Å². The van der Waals surface area contributed by atoms with Crippen LogP contribution in [-0.2, 0) is 21.9 Å². The van der Waals surface area contributed by atoms with Gasteiger partial charge in [-0.1, -0.05) is 67.4 Å². The maximum atomic E-state index is 13.3. The lowest BCUT2D eigenvalue weighted by molar-refractivity contribution is -0.139. The Bertz CT molecular complexity index is 871. The van der Waals surface area contributed by atoms with Gasteiger partial charge in [-0.25, -0.2) is 0 Å². The molecule has 2 amide bonds. The summed E-state index contributed by atoms with van der Waals surface area (Å²) in [5.74, 6) is 0.590. The highest BCUT2D eigenvalue weighted by Gasteiger charge is 2.28. The van der Waals surface area contributed by atoms with Crippen molar-refractivity contribution in [3.8, 4) is 0 Å². The Morgan fingerprint density at radius 2 is 1.74 bits per heavy atom. The Morgan fingerprint density at radius 1 is 1.06 bits per heavy atom. The van der Waals surface area contributed by atoms with Crippen LogP contribution in [-0.4, -0.2) is 35.1 Å². The van der Waals surface area contributed by atoms with E-state index < -0.39 is 6.04 Å². The van der Waals surface area contributed by atoms with Crippen molar-refractivity contribution >= 4 is 46.8 Å². The highest BCUT2D eigenvalue weighted by molar-refractivity contribution is 7.99. The molecule has 7 heteroatoms. The first-order valence-corrected chi connectivity index (χ1v) is 12.4. The number of aryl methyl sites for hydroxylation is 1. The van der Waals surface area contributed by atoms with E-state index in [9.17, 15) is 9.59 Å². The molecule has 0 saturated heterocycles. The van der Waals surface area contributed by atoms with E-state index in [4.69, 9.17) is 23.2 Å². The Balaban J connectivity index is 2.16. The van der Waals surface area contributed by atoms with E-state index in [0.29, 0.717) is 35.3 Å². The molecule has 2 rings (SSSR count). The van der Waals surface area contributed by atoms with E-state index >= 15 is 0 Å². The van der Waals surface area contributed by atoms with Crippen molar-refractivity contribution in [3.63, 3.8) is 0 Å². The van der Waals surface area contributed by atoms with Gasteiger partial charge in [-0.2, -0.15) is 0 Å². The molecule has 0 spiro atoms. The van der Waals surface area contributed by atoms with Gasteiger partial charge in [0.1, 0.15) is 6.04 Å². The topological polar surface area (TPSA) is 49.4 Å². The standard InChI is InChI=1S/C24H30Cl2N2O2S/c1-4-13-27-24(30)22(5-2)28(14-18-10-7-6-9-17(18)3)23(29)16-31-15-19-20(25)11-8-12-21(19)26/h6-12,22H,4-5,13-16H2,1-3H3,(H,27,30). The molecule has 0 aliphatic carbocycles. The van der Waals surface area contributed by atoms with E-state index in [1.807, 2.05) is 45.0 Å². The number of thioether (sulfide) groups is 1. The van der Waals surface area contributed by atoms with Gasteiger partial charge in [-0.05, 0) is 48.6 Å². The van der Waals surface area contributed by atoms with Gasteiger partial charge in [0.15, 0.2) is 0 Å². The van der Waals surface area contributed by atoms with Crippen LogP contribution < -0.4 is 5.32 Å². The molecule has 0 radical (unpaired) electrons. The molecule has 168 valence electrons. The molecule has 1 unspecified atom stereocenters. The molecular weight excluding hydrogens is 451 g/mol. The van der Waals surface area contributed by atoms with Crippen molar-refractivity contribution in [2.24, 2.45) is 0 Å². The molecule has 4 nitrogen and oxygen atoms in total. The summed E-state index contributed by atoms with van der Waals surface area (Å²) in [5, 5.41) is 4.13. The molecule has 0 heterocycles. The second-order valence-electron chi connectivity index (χ2n) is 7.36. The zero-order valence-electron chi connectivity index (χ0n) is 18.3. The van der Waals surface area contributed by atoms with Crippen LogP contribution in [0.4, 0.5) is 0 Å². The highest BCUT2D eigenvalue weighted by atomic mass is 35.5. The van der Waals surface area contributed by atoms with Gasteiger partial charge in [-0.3, -0.25) is 9.59 Å². The predicted molar refractivity (Wildman–Crippen MR) is 132 cm³/mol. The van der Waals surface area contributed by atoms with Gasteiger partial charge in [0, 0.05) is 28.9 Å². The Morgan fingerprint density at radius 3 is 2.35 bits per heavy atom. The molecule has 1 N–H and O–H groups in total. The third-order valence-electron chi connectivity index (χ3n) is 5.07. The number of nitrogens with zero attached hydrogens (tertiary/aromatic N) is 1. The third kappa shape index (κ3) is 7.44. The molecule has 0 aliphatic heterocycles. The largest absolute Gasteiger partial charge is 0.354 e. The number of hydrogen-bond acceptors (Lipinski definition) is 3. The number of carbonyl (C=O) groups excluding carboxylic acids is 2. The van der Waals surface area contributed by atoms with Crippen LogP contribution in [0.5, 0.6) is 0 Å². The number of halogens is 2. The van der Waals surface area contributed by atoms with Crippen molar-refractivity contribution in [1.29, 1.82) is 0 Å². The smallest absolute Gasteiger partial charge is 0.242 e. The molecule has 31 heavy (non-hydrogen) atoms. The summed E-state index contributed by atoms with van der Waals surface area (Å²) in [6, 6.07) is 12.8. The van der Waals surface area contributed by atoms with Gasteiger partial charge in [0.05, 0.1) is 5.75 Å². The van der Waals surface area contributed by atoms with Gasteiger partial charge in [0.25, 0.3) is 0 Å². The Kier molecular flexibility index (Phi) is 10.7. The minimum Gasteiger partial charge on any atom is -0.354 e. The number of benzene rings is 2. The normalized spacial score (nSPS) is 11.8. The fraction of sp³-hybridized carbons (Fsp3) is 0.417. The number of carbonyl (C=O) groups is 2. The van der Waals surface area contributed by atoms with Crippen molar-refractivity contribution in [2.45, 2.75) is 52.0 Å². The zero-order valence-corrected chi connectivity index (χ0v) is 20.6.